The molecule has 5 N–H and O–H groups in total. The molecule has 11 nitrogen and oxygen atoms in total. The molecule has 0 aliphatic heterocycles. The molecule has 0 saturated carbocycles. The minimum atomic E-state index is -1.23. The fourth-order valence-electron chi connectivity index (χ4n) is 3.40. The second-order valence-corrected chi connectivity index (χ2v) is 10.1. The Morgan fingerprint density at radius 2 is 1.56 bits per heavy atom. The number of hydrogen-bond donors (Lipinski definition) is 6. The van der Waals surface area contributed by atoms with Gasteiger partial charge in [-0.1, -0.05) is 57.0 Å². The Kier molecular flexibility index (Phi) is 16.0. The van der Waals surface area contributed by atoms with Crippen LogP contribution in [0.2, 0.25) is 5.02 Å². The van der Waals surface area contributed by atoms with Crippen molar-refractivity contribution in [3.8, 4) is 0 Å². The summed E-state index contributed by atoms with van der Waals surface area (Å²) in [4.78, 5) is 61.8. The Morgan fingerprint density at radius 3 is 2.13 bits per heavy atom. The number of carbonyl (C=O) groups is 5. The summed E-state index contributed by atoms with van der Waals surface area (Å²) < 4.78 is 5.03. The molecule has 0 spiro atoms. The van der Waals surface area contributed by atoms with Crippen LogP contribution in [-0.4, -0.2) is 71.9 Å². The molecule has 0 bridgehead atoms. The number of benzene rings is 1. The second kappa shape index (κ2) is 18.3. The highest BCUT2D eigenvalue weighted by Crippen LogP contribution is 2.14. The molecule has 218 valence electrons. The van der Waals surface area contributed by atoms with E-state index < -0.39 is 47.9 Å². The molecule has 4 amide bonds. The summed E-state index contributed by atoms with van der Waals surface area (Å²) in [6.07, 6.45) is -0.187. The van der Waals surface area contributed by atoms with Crippen LogP contribution in [0.15, 0.2) is 24.3 Å². The Bertz CT molecular complexity index is 979. The third kappa shape index (κ3) is 13.6. The SMILES string of the molecule is CCC[C@H](NC(=O)[C@H](CCC(=O)O)NC(=O)OCC(C)C)C(=O)N[C@@H](CS)C(=O)NCCc1ccccc1Cl. The van der Waals surface area contributed by atoms with Crippen molar-refractivity contribution < 1.29 is 33.8 Å². The zero-order chi connectivity index (χ0) is 29.4. The molecule has 0 saturated heterocycles. The lowest BCUT2D eigenvalue weighted by molar-refractivity contribution is -0.137. The van der Waals surface area contributed by atoms with E-state index in [-0.39, 0.29) is 37.5 Å². The van der Waals surface area contributed by atoms with Gasteiger partial charge in [0.15, 0.2) is 0 Å². The molecule has 0 radical (unpaired) electrons. The van der Waals surface area contributed by atoms with Gasteiger partial charge in [0.25, 0.3) is 0 Å². The minimum Gasteiger partial charge on any atom is -0.481 e. The monoisotopic (exact) mass is 586 g/mol. The summed E-state index contributed by atoms with van der Waals surface area (Å²) in [5, 5.41) is 19.9. The lowest BCUT2D eigenvalue weighted by atomic mass is 10.1. The van der Waals surface area contributed by atoms with Crippen LogP contribution in [0.5, 0.6) is 0 Å². The first-order valence-corrected chi connectivity index (χ1v) is 13.9. The van der Waals surface area contributed by atoms with Crippen LogP contribution < -0.4 is 21.3 Å². The van der Waals surface area contributed by atoms with Crippen molar-refractivity contribution in [1.29, 1.82) is 0 Å². The van der Waals surface area contributed by atoms with Crippen LogP contribution in [0.25, 0.3) is 0 Å². The lowest BCUT2D eigenvalue weighted by Gasteiger charge is -2.24. The first kappa shape index (κ1) is 34.0. The number of nitrogens with one attached hydrogen (secondary N) is 4. The number of halogens is 1. The number of carboxylic acids is 1. The largest absolute Gasteiger partial charge is 0.481 e. The van der Waals surface area contributed by atoms with Gasteiger partial charge in [-0.05, 0) is 36.8 Å². The molecule has 39 heavy (non-hydrogen) atoms. The van der Waals surface area contributed by atoms with E-state index in [1.165, 1.54) is 0 Å². The number of carbonyl (C=O) groups excluding carboxylic acids is 4. The molecule has 0 aliphatic carbocycles. The number of ether oxygens (including phenoxy) is 1. The predicted octanol–water partition coefficient (Wildman–Crippen LogP) is 2.31. The Labute approximate surface area is 239 Å². The first-order chi connectivity index (χ1) is 18.5. The topological polar surface area (TPSA) is 163 Å². The average Bonchev–Trinajstić information content (AvgIpc) is 2.88. The van der Waals surface area contributed by atoms with Gasteiger partial charge in [0.1, 0.15) is 18.1 Å². The van der Waals surface area contributed by atoms with Crippen LogP contribution in [-0.2, 0) is 30.3 Å². The summed E-state index contributed by atoms with van der Waals surface area (Å²) in [5.74, 6) is -2.86. The maximum Gasteiger partial charge on any atom is 0.407 e. The van der Waals surface area contributed by atoms with E-state index in [1.807, 2.05) is 39.0 Å². The van der Waals surface area contributed by atoms with Crippen molar-refractivity contribution in [1.82, 2.24) is 21.3 Å². The molecular weight excluding hydrogens is 548 g/mol. The van der Waals surface area contributed by atoms with Crippen molar-refractivity contribution in [3.05, 3.63) is 34.9 Å². The van der Waals surface area contributed by atoms with E-state index in [0.29, 0.717) is 24.4 Å². The van der Waals surface area contributed by atoms with Gasteiger partial charge >= 0.3 is 12.1 Å². The molecule has 0 aromatic heterocycles. The third-order valence-electron chi connectivity index (χ3n) is 5.48. The molecule has 3 atom stereocenters. The number of aliphatic carboxylic acids is 1. The summed E-state index contributed by atoms with van der Waals surface area (Å²) in [5.41, 5.74) is 0.871. The van der Waals surface area contributed by atoms with Gasteiger partial charge in [-0.15, -0.1) is 0 Å². The summed E-state index contributed by atoms with van der Waals surface area (Å²) >= 11 is 10.3. The molecule has 1 aromatic rings. The van der Waals surface area contributed by atoms with Gasteiger partial charge in [-0.3, -0.25) is 19.2 Å². The fraction of sp³-hybridized carbons (Fsp3) is 0.577. The quantitative estimate of drug-likeness (QED) is 0.153. The Balaban J connectivity index is 2.79. The van der Waals surface area contributed by atoms with Gasteiger partial charge in [0, 0.05) is 23.7 Å². The maximum absolute atomic E-state index is 13.0. The van der Waals surface area contributed by atoms with Crippen molar-refractivity contribution in [2.24, 2.45) is 5.92 Å². The molecular formula is C26H39ClN4O7S. The molecule has 0 unspecified atom stereocenters. The van der Waals surface area contributed by atoms with Gasteiger partial charge in [0.05, 0.1) is 6.61 Å². The number of carboxylic acid groups (broad SMARTS) is 1. The van der Waals surface area contributed by atoms with Crippen molar-refractivity contribution >= 4 is 54.0 Å². The van der Waals surface area contributed by atoms with E-state index in [9.17, 15) is 24.0 Å². The van der Waals surface area contributed by atoms with Crippen molar-refractivity contribution in [3.63, 3.8) is 0 Å². The van der Waals surface area contributed by atoms with Crippen molar-refractivity contribution in [2.75, 3.05) is 18.9 Å². The Hall–Kier alpha value is -2.99. The fourth-order valence-corrected chi connectivity index (χ4v) is 3.89. The number of thiol groups is 1. The number of amides is 4. The zero-order valence-corrected chi connectivity index (χ0v) is 24.1. The first-order valence-electron chi connectivity index (χ1n) is 12.9. The van der Waals surface area contributed by atoms with E-state index in [1.54, 1.807) is 6.07 Å². The molecule has 1 rings (SSSR count). The van der Waals surface area contributed by atoms with Crippen LogP contribution in [0.4, 0.5) is 4.79 Å². The van der Waals surface area contributed by atoms with E-state index in [0.717, 1.165) is 5.56 Å². The number of rotatable bonds is 17. The van der Waals surface area contributed by atoms with Crippen LogP contribution in [0.3, 0.4) is 0 Å². The van der Waals surface area contributed by atoms with E-state index >= 15 is 0 Å². The van der Waals surface area contributed by atoms with Crippen LogP contribution in [0, 0.1) is 5.92 Å². The molecule has 0 fully saturated rings. The minimum absolute atomic E-state index is 0.0148. The number of hydrogen-bond acceptors (Lipinski definition) is 7. The Morgan fingerprint density at radius 1 is 0.949 bits per heavy atom. The van der Waals surface area contributed by atoms with Gasteiger partial charge in [-0.2, -0.15) is 12.6 Å². The van der Waals surface area contributed by atoms with Gasteiger partial charge in [-0.25, -0.2) is 4.79 Å². The highest BCUT2D eigenvalue weighted by Gasteiger charge is 2.29. The predicted molar refractivity (Wildman–Crippen MR) is 151 cm³/mol. The third-order valence-corrected chi connectivity index (χ3v) is 6.21. The van der Waals surface area contributed by atoms with Crippen molar-refractivity contribution in [2.45, 2.75) is 71.0 Å². The number of alkyl carbamates (subject to hydrolysis) is 1. The highest BCUT2D eigenvalue weighted by molar-refractivity contribution is 7.80. The zero-order valence-electron chi connectivity index (χ0n) is 22.5. The summed E-state index contributed by atoms with van der Waals surface area (Å²) in [7, 11) is 0. The van der Waals surface area contributed by atoms with E-state index in [2.05, 4.69) is 33.9 Å². The summed E-state index contributed by atoms with van der Waals surface area (Å²) in [6, 6.07) is 4.04. The maximum atomic E-state index is 13.0. The molecule has 13 heteroatoms. The van der Waals surface area contributed by atoms with Crippen LogP contribution >= 0.6 is 24.2 Å². The molecule has 0 aliphatic rings. The smallest absolute Gasteiger partial charge is 0.407 e. The average molecular weight is 587 g/mol. The highest BCUT2D eigenvalue weighted by atomic mass is 35.5. The second-order valence-electron chi connectivity index (χ2n) is 9.35. The van der Waals surface area contributed by atoms with E-state index in [4.69, 9.17) is 21.4 Å². The van der Waals surface area contributed by atoms with Gasteiger partial charge < -0.3 is 31.1 Å². The standard InChI is InChI=1S/C26H39ClN4O7S/c1-4-7-19(29-25(36)20(10-11-22(32)33)31-26(37)38-14-16(2)3)24(35)30-21(15-39)23(34)28-13-12-17-8-5-6-9-18(17)27/h5-6,8-9,16,19-21,39H,4,7,10-15H2,1-3H3,(H,28,34)(H,29,36)(H,30,35)(H,31,37)(H,32,33)/t19-,20-,21-/m0/s1. The molecule has 0 heterocycles. The normalized spacial score (nSPS) is 13.1. The van der Waals surface area contributed by atoms with Gasteiger partial charge in [0.2, 0.25) is 17.7 Å². The van der Waals surface area contributed by atoms with Crippen LogP contribution in [0.1, 0.15) is 52.0 Å². The summed E-state index contributed by atoms with van der Waals surface area (Å²) in [6.45, 7) is 5.90. The molecule has 1 aromatic carbocycles. The lowest BCUT2D eigenvalue weighted by Crippen LogP contribution is -2.57.